The van der Waals surface area contributed by atoms with Gasteiger partial charge in [0.05, 0.1) is 0 Å². The summed E-state index contributed by atoms with van der Waals surface area (Å²) in [6, 6.07) is 8.08. The molecule has 114 valence electrons. The van der Waals surface area contributed by atoms with Crippen molar-refractivity contribution in [2.45, 2.75) is 24.9 Å². The number of para-hydroxylation sites is 1. The van der Waals surface area contributed by atoms with Crippen LogP contribution in [-0.2, 0) is 11.3 Å². The molecular weight excluding hydrogens is 266 g/mol. The molecule has 0 aromatic heterocycles. The van der Waals surface area contributed by atoms with Gasteiger partial charge in [0.1, 0.15) is 17.9 Å². The number of hydrogen-bond donors (Lipinski definition) is 2. The molecule has 1 aliphatic heterocycles. The number of benzene rings is 1. The van der Waals surface area contributed by atoms with Crippen LogP contribution in [0.1, 0.15) is 18.4 Å². The Labute approximate surface area is 125 Å². The third kappa shape index (κ3) is 2.76. The van der Waals surface area contributed by atoms with Gasteiger partial charge < -0.3 is 15.8 Å². The standard InChI is InChI=1S/C16H23N3O2/c1-18-16(15(17)20,13-6-7-13)11-19-8-9-21-14-5-3-2-4-12(14)10-19/h2-5,13,18H,6-11H2,1H3,(H2,17,20). The highest BCUT2D eigenvalue weighted by Gasteiger charge is 2.49. The summed E-state index contributed by atoms with van der Waals surface area (Å²) in [5.41, 5.74) is 6.27. The Balaban J connectivity index is 1.79. The Morgan fingerprint density at radius 1 is 1.48 bits per heavy atom. The van der Waals surface area contributed by atoms with Gasteiger partial charge in [0, 0.05) is 25.2 Å². The highest BCUT2D eigenvalue weighted by atomic mass is 16.5. The van der Waals surface area contributed by atoms with E-state index in [0.29, 0.717) is 19.1 Å². The topological polar surface area (TPSA) is 67.6 Å². The smallest absolute Gasteiger partial charge is 0.239 e. The lowest BCUT2D eigenvalue weighted by Gasteiger charge is -2.35. The minimum absolute atomic E-state index is 0.244. The van der Waals surface area contributed by atoms with E-state index in [1.165, 1.54) is 5.56 Å². The Morgan fingerprint density at radius 2 is 2.24 bits per heavy atom. The molecule has 1 fully saturated rings. The summed E-state index contributed by atoms with van der Waals surface area (Å²) in [5, 5.41) is 3.21. The summed E-state index contributed by atoms with van der Waals surface area (Å²) in [5.74, 6) is 1.06. The molecule has 1 amide bonds. The zero-order chi connectivity index (χ0) is 14.9. The Bertz CT molecular complexity index is 530. The lowest BCUT2D eigenvalue weighted by atomic mass is 9.91. The fourth-order valence-electron chi connectivity index (χ4n) is 3.26. The minimum atomic E-state index is -0.612. The molecular formula is C16H23N3O2. The summed E-state index contributed by atoms with van der Waals surface area (Å²) in [6.45, 7) is 2.87. The summed E-state index contributed by atoms with van der Waals surface area (Å²) >= 11 is 0. The maximum absolute atomic E-state index is 12.0. The van der Waals surface area contributed by atoms with Crippen LogP contribution in [0, 0.1) is 5.92 Å². The first-order valence-corrected chi connectivity index (χ1v) is 7.57. The molecule has 1 heterocycles. The third-order valence-corrected chi connectivity index (χ3v) is 4.66. The van der Waals surface area contributed by atoms with Gasteiger partial charge in [0.25, 0.3) is 0 Å². The van der Waals surface area contributed by atoms with Crippen LogP contribution in [0.15, 0.2) is 24.3 Å². The van der Waals surface area contributed by atoms with Crippen LogP contribution in [0.2, 0.25) is 0 Å². The number of primary amides is 1. The predicted octanol–water partition coefficient (Wildman–Crippen LogP) is 0.734. The summed E-state index contributed by atoms with van der Waals surface area (Å²) in [4.78, 5) is 14.3. The fourth-order valence-corrected chi connectivity index (χ4v) is 3.26. The van der Waals surface area contributed by atoms with E-state index >= 15 is 0 Å². The highest BCUT2D eigenvalue weighted by Crippen LogP contribution is 2.40. The quantitative estimate of drug-likeness (QED) is 0.839. The lowest BCUT2D eigenvalue weighted by Crippen LogP contribution is -2.62. The highest BCUT2D eigenvalue weighted by molar-refractivity contribution is 5.86. The van der Waals surface area contributed by atoms with E-state index in [2.05, 4.69) is 16.3 Å². The largest absolute Gasteiger partial charge is 0.492 e. The van der Waals surface area contributed by atoms with Crippen LogP contribution in [0.4, 0.5) is 0 Å². The Hall–Kier alpha value is -1.59. The number of hydrogen-bond acceptors (Lipinski definition) is 4. The van der Waals surface area contributed by atoms with Crippen molar-refractivity contribution in [3.63, 3.8) is 0 Å². The normalized spacial score (nSPS) is 21.8. The van der Waals surface area contributed by atoms with Gasteiger partial charge in [-0.3, -0.25) is 9.69 Å². The van der Waals surface area contributed by atoms with Crippen LogP contribution in [0.25, 0.3) is 0 Å². The molecule has 1 unspecified atom stereocenters. The van der Waals surface area contributed by atoms with Gasteiger partial charge in [0.2, 0.25) is 5.91 Å². The van der Waals surface area contributed by atoms with Crippen LogP contribution in [0.3, 0.4) is 0 Å². The van der Waals surface area contributed by atoms with Gasteiger partial charge in [-0.05, 0) is 31.9 Å². The molecule has 1 aliphatic carbocycles. The van der Waals surface area contributed by atoms with Crippen LogP contribution >= 0.6 is 0 Å². The number of nitrogens with two attached hydrogens (primary N) is 1. The fraction of sp³-hybridized carbons (Fsp3) is 0.562. The van der Waals surface area contributed by atoms with E-state index in [9.17, 15) is 4.79 Å². The predicted molar refractivity (Wildman–Crippen MR) is 80.9 cm³/mol. The molecule has 1 aromatic rings. The zero-order valence-electron chi connectivity index (χ0n) is 12.5. The van der Waals surface area contributed by atoms with Gasteiger partial charge in [0.15, 0.2) is 0 Å². The van der Waals surface area contributed by atoms with E-state index in [0.717, 1.165) is 31.7 Å². The molecule has 21 heavy (non-hydrogen) atoms. The van der Waals surface area contributed by atoms with Crippen molar-refractivity contribution in [1.82, 2.24) is 10.2 Å². The lowest BCUT2D eigenvalue weighted by molar-refractivity contribution is -0.126. The van der Waals surface area contributed by atoms with Crippen molar-refractivity contribution < 1.29 is 9.53 Å². The van der Waals surface area contributed by atoms with Crippen LogP contribution in [-0.4, -0.2) is 43.1 Å². The third-order valence-electron chi connectivity index (χ3n) is 4.66. The van der Waals surface area contributed by atoms with Gasteiger partial charge in [-0.15, -0.1) is 0 Å². The summed E-state index contributed by atoms with van der Waals surface area (Å²) in [7, 11) is 1.84. The van der Waals surface area contributed by atoms with Gasteiger partial charge in [-0.25, -0.2) is 0 Å². The molecule has 2 aliphatic rings. The van der Waals surface area contributed by atoms with E-state index in [4.69, 9.17) is 10.5 Å². The molecule has 0 spiro atoms. The minimum Gasteiger partial charge on any atom is -0.492 e. The second kappa shape index (κ2) is 5.66. The molecule has 0 radical (unpaired) electrons. The van der Waals surface area contributed by atoms with Gasteiger partial charge in [-0.2, -0.15) is 0 Å². The Morgan fingerprint density at radius 3 is 2.90 bits per heavy atom. The zero-order valence-corrected chi connectivity index (χ0v) is 12.5. The molecule has 1 aromatic carbocycles. The first kappa shape index (κ1) is 14.4. The van der Waals surface area contributed by atoms with Crippen LogP contribution < -0.4 is 15.8 Å². The van der Waals surface area contributed by atoms with E-state index in [-0.39, 0.29) is 5.91 Å². The van der Waals surface area contributed by atoms with E-state index in [1.807, 2.05) is 25.2 Å². The number of amides is 1. The van der Waals surface area contributed by atoms with Gasteiger partial charge in [-0.1, -0.05) is 18.2 Å². The molecule has 5 nitrogen and oxygen atoms in total. The average Bonchev–Trinajstić information content (AvgIpc) is 3.31. The SMILES string of the molecule is CNC(CN1CCOc2ccccc2C1)(C(N)=O)C1CC1. The second-order valence-electron chi connectivity index (χ2n) is 6.03. The average molecular weight is 289 g/mol. The van der Waals surface area contributed by atoms with Crippen molar-refractivity contribution in [1.29, 1.82) is 0 Å². The number of rotatable bonds is 5. The van der Waals surface area contributed by atoms with Crippen molar-refractivity contribution in [2.24, 2.45) is 11.7 Å². The van der Waals surface area contributed by atoms with E-state index < -0.39 is 5.54 Å². The number of nitrogens with one attached hydrogen (secondary N) is 1. The maximum atomic E-state index is 12.0. The molecule has 1 saturated carbocycles. The molecule has 1 atom stereocenters. The van der Waals surface area contributed by atoms with Crippen molar-refractivity contribution in [3.05, 3.63) is 29.8 Å². The molecule has 0 saturated heterocycles. The molecule has 3 rings (SSSR count). The Kier molecular flexibility index (Phi) is 3.87. The van der Waals surface area contributed by atoms with Gasteiger partial charge >= 0.3 is 0 Å². The summed E-state index contributed by atoms with van der Waals surface area (Å²) < 4.78 is 5.79. The molecule has 5 heteroatoms. The van der Waals surface area contributed by atoms with E-state index in [1.54, 1.807) is 0 Å². The summed E-state index contributed by atoms with van der Waals surface area (Å²) in [6.07, 6.45) is 2.15. The number of nitrogens with zero attached hydrogens (tertiary/aromatic N) is 1. The number of ether oxygens (including phenoxy) is 1. The van der Waals surface area contributed by atoms with Crippen LogP contribution in [0.5, 0.6) is 5.75 Å². The molecule has 0 bridgehead atoms. The maximum Gasteiger partial charge on any atom is 0.239 e. The number of carbonyl (C=O) groups is 1. The van der Waals surface area contributed by atoms with Crippen molar-refractivity contribution in [2.75, 3.05) is 26.7 Å². The number of carbonyl (C=O) groups excluding carboxylic acids is 1. The first-order valence-electron chi connectivity index (χ1n) is 7.57. The van der Waals surface area contributed by atoms with Crippen molar-refractivity contribution in [3.8, 4) is 5.75 Å². The second-order valence-corrected chi connectivity index (χ2v) is 6.03. The number of fused-ring (bicyclic) bond motifs is 1. The first-order chi connectivity index (χ1) is 10.2. The molecule has 3 N–H and O–H groups in total. The number of likely N-dealkylation sites (N-methyl/N-ethyl adjacent to an activating group) is 1. The monoisotopic (exact) mass is 289 g/mol. The van der Waals surface area contributed by atoms with Crippen molar-refractivity contribution >= 4 is 5.91 Å².